The van der Waals surface area contributed by atoms with Crippen molar-refractivity contribution in [2.75, 3.05) is 6.54 Å². The second-order valence-electron chi connectivity index (χ2n) is 4.08. The molecule has 1 N–H and O–H groups in total. The molecule has 2 aliphatic rings. The average molecular weight is 538 g/mol. The zero-order chi connectivity index (χ0) is 8.23. The minimum absolute atomic E-state index is 0. The summed E-state index contributed by atoms with van der Waals surface area (Å²) in [7, 11) is 0. The van der Waals surface area contributed by atoms with Crippen molar-refractivity contribution in [3.8, 4) is 0 Å². The third kappa shape index (κ3) is 4.43. The smallest absolute Gasteiger partial charge is 0.00420 e. The second kappa shape index (κ2) is 8.44. The molecule has 0 spiro atoms. The first-order valence-electron chi connectivity index (χ1n) is 5.33. The minimum Gasteiger partial charge on any atom is -0.343 e. The summed E-state index contributed by atoms with van der Waals surface area (Å²) < 4.78 is 0. The number of nitrogens with one attached hydrogen (secondary N) is 1. The van der Waals surface area contributed by atoms with E-state index in [4.69, 9.17) is 0 Å². The number of piperidine rings is 1. The van der Waals surface area contributed by atoms with Crippen molar-refractivity contribution in [2.24, 2.45) is 5.92 Å². The summed E-state index contributed by atoms with van der Waals surface area (Å²) in [6.45, 7) is 1.14. The quantitative estimate of drug-likeness (QED) is 0.507. The summed E-state index contributed by atoms with van der Waals surface area (Å²) in [5, 5.41) is 3.62. The van der Waals surface area contributed by atoms with Gasteiger partial charge in [-0.05, 0) is 5.92 Å². The molecule has 1 unspecified atom stereocenters. The van der Waals surface area contributed by atoms with Crippen LogP contribution in [0.1, 0.15) is 38.5 Å². The Bertz CT molecular complexity index is 113. The third-order valence-corrected chi connectivity index (χ3v) is 3.26. The molecule has 0 amide bonds. The van der Waals surface area contributed by atoms with E-state index in [9.17, 15) is 0 Å². The van der Waals surface area contributed by atoms with Crippen LogP contribution in [-0.4, -0.2) is 12.6 Å². The van der Waals surface area contributed by atoms with Crippen LogP contribution in [0.25, 0.3) is 0 Å². The maximum absolute atomic E-state index is 3.62. The summed E-state index contributed by atoms with van der Waals surface area (Å²) in [5.74, 6) is 0.976. The summed E-state index contributed by atoms with van der Waals surface area (Å²) >= 11 is 0. The fourth-order valence-corrected chi connectivity index (χ4v) is 2.49. The van der Waals surface area contributed by atoms with Crippen molar-refractivity contribution in [2.45, 2.75) is 44.6 Å². The normalized spacial score (nSPS) is 28.7. The number of hydrogen-bond acceptors (Lipinski definition) is 1. The van der Waals surface area contributed by atoms with Crippen molar-refractivity contribution in [1.82, 2.24) is 5.32 Å². The Morgan fingerprint density at radius 1 is 0.857 bits per heavy atom. The molecule has 1 saturated heterocycles. The van der Waals surface area contributed by atoms with Crippen LogP contribution in [0.2, 0.25) is 0 Å². The molecule has 0 aromatic rings. The molecule has 1 atom stereocenters. The third-order valence-electron chi connectivity index (χ3n) is 3.26. The Morgan fingerprint density at radius 2 is 1.50 bits per heavy atom. The minimum atomic E-state index is 0. The predicted octanol–water partition coefficient (Wildman–Crippen LogP) is 2.33. The van der Waals surface area contributed by atoms with Crippen LogP contribution in [0.3, 0.4) is 0 Å². The largest absolute Gasteiger partial charge is 0.343 e. The molecule has 1 aliphatic heterocycles. The van der Waals surface area contributed by atoms with E-state index in [1.54, 1.807) is 0 Å². The molecule has 0 bridgehead atoms. The van der Waals surface area contributed by atoms with E-state index >= 15 is 0 Å². The fourth-order valence-electron chi connectivity index (χ4n) is 2.49. The SMILES string of the molecule is [CH-]1CCC(C2CC[CH-]CN2)CC1.[Re].[Re]. The summed E-state index contributed by atoms with van der Waals surface area (Å²) in [5.41, 5.74) is 0. The van der Waals surface area contributed by atoms with Crippen molar-refractivity contribution in [3.05, 3.63) is 12.8 Å². The van der Waals surface area contributed by atoms with Crippen LogP contribution < -0.4 is 5.32 Å². The zero-order valence-electron chi connectivity index (χ0n) is 8.52. The maximum Gasteiger partial charge on any atom is 0.00420 e. The average Bonchev–Trinajstić information content (AvgIpc) is 2.21. The Labute approximate surface area is 115 Å². The molecule has 2 fully saturated rings. The summed E-state index contributed by atoms with van der Waals surface area (Å²) in [4.78, 5) is 0. The summed E-state index contributed by atoms with van der Waals surface area (Å²) in [6.07, 6.45) is 13.1. The van der Waals surface area contributed by atoms with Crippen LogP contribution in [0.15, 0.2) is 0 Å². The standard InChI is InChI=1S/C11H19N.2Re/c1-2-6-10(7-3-1)11-8-4-5-9-12-11;;/h1,5,10-12H,2-4,6-9H2;;/q-2;;. The van der Waals surface area contributed by atoms with Gasteiger partial charge in [0.1, 0.15) is 0 Å². The molecule has 0 aromatic carbocycles. The molecule has 0 aromatic heterocycles. The van der Waals surface area contributed by atoms with Gasteiger partial charge in [-0.2, -0.15) is 19.3 Å². The van der Waals surface area contributed by atoms with Crippen molar-refractivity contribution in [3.63, 3.8) is 0 Å². The van der Waals surface area contributed by atoms with E-state index in [1.165, 1.54) is 38.5 Å². The van der Waals surface area contributed by atoms with Gasteiger partial charge in [0.05, 0.1) is 0 Å². The monoisotopic (exact) mass is 539 g/mol. The molecular formula is C11H19NRe2-2. The fraction of sp³-hybridized carbons (Fsp3) is 0.818. The molecule has 3 heteroatoms. The molecule has 1 saturated carbocycles. The van der Waals surface area contributed by atoms with E-state index in [0.29, 0.717) is 0 Å². The zero-order valence-corrected chi connectivity index (χ0v) is 13.9. The van der Waals surface area contributed by atoms with Crippen LogP contribution in [0.5, 0.6) is 0 Å². The van der Waals surface area contributed by atoms with E-state index in [-0.39, 0.29) is 40.8 Å². The van der Waals surface area contributed by atoms with Gasteiger partial charge in [-0.15, -0.1) is 6.54 Å². The van der Waals surface area contributed by atoms with Crippen LogP contribution in [-0.2, 0) is 40.8 Å². The topological polar surface area (TPSA) is 12.0 Å². The van der Waals surface area contributed by atoms with E-state index in [0.717, 1.165) is 18.5 Å². The van der Waals surface area contributed by atoms with E-state index in [2.05, 4.69) is 18.2 Å². The van der Waals surface area contributed by atoms with Gasteiger partial charge in [-0.3, -0.25) is 0 Å². The van der Waals surface area contributed by atoms with Gasteiger partial charge in [0.25, 0.3) is 0 Å². The molecule has 14 heavy (non-hydrogen) atoms. The van der Waals surface area contributed by atoms with Gasteiger partial charge in [-0.1, -0.05) is 19.3 Å². The predicted molar refractivity (Wildman–Crippen MR) is 51.6 cm³/mol. The molecule has 2 radical (unpaired) electrons. The number of rotatable bonds is 1. The van der Waals surface area contributed by atoms with Crippen LogP contribution in [0.4, 0.5) is 0 Å². The molecule has 84 valence electrons. The van der Waals surface area contributed by atoms with E-state index < -0.39 is 0 Å². The first-order chi connectivity index (χ1) is 5.97. The molecule has 1 heterocycles. The van der Waals surface area contributed by atoms with Crippen molar-refractivity contribution < 1.29 is 40.8 Å². The van der Waals surface area contributed by atoms with E-state index in [1.807, 2.05) is 0 Å². The van der Waals surface area contributed by atoms with Gasteiger partial charge in [0.2, 0.25) is 0 Å². The Kier molecular flexibility index (Phi) is 9.21. The molecule has 2 rings (SSSR count). The second-order valence-corrected chi connectivity index (χ2v) is 4.08. The number of hydrogen-bond donors (Lipinski definition) is 1. The van der Waals surface area contributed by atoms with Gasteiger partial charge >= 0.3 is 0 Å². The Hall–Kier alpha value is 1.28. The van der Waals surface area contributed by atoms with Crippen molar-refractivity contribution >= 4 is 0 Å². The van der Waals surface area contributed by atoms with Crippen LogP contribution in [0, 0.1) is 18.8 Å². The van der Waals surface area contributed by atoms with Crippen LogP contribution >= 0.6 is 0 Å². The Morgan fingerprint density at radius 3 is 2.07 bits per heavy atom. The molecular weight excluding hydrogens is 519 g/mol. The molecule has 1 aliphatic carbocycles. The summed E-state index contributed by atoms with van der Waals surface area (Å²) in [6, 6.07) is 0.837. The molecule has 1 nitrogen and oxygen atoms in total. The van der Waals surface area contributed by atoms with Gasteiger partial charge in [0.15, 0.2) is 0 Å². The van der Waals surface area contributed by atoms with Gasteiger partial charge in [0, 0.05) is 46.9 Å². The Balaban J connectivity index is 0.000000845. The van der Waals surface area contributed by atoms with Gasteiger partial charge in [-0.25, -0.2) is 0 Å². The first-order valence-corrected chi connectivity index (χ1v) is 5.33. The first kappa shape index (κ1) is 15.3. The van der Waals surface area contributed by atoms with Gasteiger partial charge < -0.3 is 18.2 Å². The maximum atomic E-state index is 3.62. The van der Waals surface area contributed by atoms with Crippen molar-refractivity contribution in [1.29, 1.82) is 0 Å².